The summed E-state index contributed by atoms with van der Waals surface area (Å²) in [5.41, 5.74) is 1.07. The molecule has 2 saturated carbocycles. The smallest absolute Gasteiger partial charge is 0.274 e. The second kappa shape index (κ2) is 22.5. The van der Waals surface area contributed by atoms with E-state index in [9.17, 15) is 30.8 Å². The first kappa shape index (κ1) is 51.9. The number of methoxy groups -OCH3 is 2. The molecule has 0 bridgehead atoms. The van der Waals surface area contributed by atoms with Crippen LogP contribution in [-0.2, 0) is 31.2 Å². The summed E-state index contributed by atoms with van der Waals surface area (Å²) in [6.07, 6.45) is 19.4. The number of sulfone groups is 2. The van der Waals surface area contributed by atoms with E-state index in [1.54, 1.807) is 0 Å². The minimum atomic E-state index is -3.75. The van der Waals surface area contributed by atoms with Gasteiger partial charge in [0.25, 0.3) is 11.1 Å². The molecule has 0 atom stereocenters. The van der Waals surface area contributed by atoms with Gasteiger partial charge in [0.1, 0.15) is 47.2 Å². The summed E-state index contributed by atoms with van der Waals surface area (Å²) in [5, 5.41) is 7.27. The Hall–Kier alpha value is -7.46. The van der Waals surface area contributed by atoms with E-state index >= 15 is 4.39 Å². The number of benzene rings is 4. The molecule has 4 heterocycles. The fourth-order valence-corrected chi connectivity index (χ4v) is 11.3. The molecule has 0 saturated heterocycles. The van der Waals surface area contributed by atoms with Gasteiger partial charge in [-0.1, -0.05) is 47.8 Å². The third kappa shape index (κ3) is 11.9. The summed E-state index contributed by atoms with van der Waals surface area (Å²) in [4.78, 5) is 33.6. The Morgan fingerprint density at radius 3 is 1.58 bits per heavy atom. The topological polar surface area (TPSA) is 209 Å². The molecular weight excluding hydrogens is 1050 g/mol. The van der Waals surface area contributed by atoms with Crippen molar-refractivity contribution in [2.75, 3.05) is 14.2 Å². The Bertz CT molecular complexity index is 3780. The van der Waals surface area contributed by atoms with Crippen LogP contribution in [0.4, 0.5) is 8.78 Å². The molecule has 10 rings (SSSR count). The van der Waals surface area contributed by atoms with Gasteiger partial charge in [0.2, 0.25) is 0 Å². The van der Waals surface area contributed by atoms with E-state index in [1.807, 2.05) is 0 Å². The van der Waals surface area contributed by atoms with Crippen molar-refractivity contribution in [3.8, 4) is 47.1 Å². The first-order valence-electron chi connectivity index (χ1n) is 22.8. The molecule has 0 unspecified atom stereocenters. The van der Waals surface area contributed by atoms with Gasteiger partial charge in [-0.3, -0.25) is 18.7 Å². The first-order valence-corrected chi connectivity index (χ1v) is 26.9. The van der Waals surface area contributed by atoms with Crippen LogP contribution in [-0.4, -0.2) is 60.5 Å². The van der Waals surface area contributed by atoms with Gasteiger partial charge in [-0.2, -0.15) is 0 Å². The number of nitrogens with zero attached hydrogens (tertiary/aromatic N) is 6. The quantitative estimate of drug-likeness (QED) is 0.117. The summed E-state index contributed by atoms with van der Waals surface area (Å²) in [7, 11) is -4.66. The summed E-state index contributed by atoms with van der Waals surface area (Å²) in [6, 6.07) is 16.5. The maximum Gasteiger partial charge on any atom is 0.274 e. The number of ether oxygens (including phenoxy) is 2. The van der Waals surface area contributed by atoms with Crippen LogP contribution in [0.3, 0.4) is 0 Å². The van der Waals surface area contributed by atoms with E-state index in [0.29, 0.717) is 17.0 Å². The van der Waals surface area contributed by atoms with Crippen LogP contribution in [0.1, 0.15) is 68.3 Å². The molecule has 8 aromatic rings. The lowest BCUT2D eigenvalue weighted by molar-refractivity contribution is 0.411. The van der Waals surface area contributed by atoms with Gasteiger partial charge < -0.3 is 18.5 Å². The molecule has 0 spiro atoms. The molecule has 376 valence electrons. The van der Waals surface area contributed by atoms with Crippen LogP contribution in [0.15, 0.2) is 131 Å². The standard InChI is InChI=1S/C26H22FN3O5S.C19H13BrFN3O5S.C7H10/c1-34-25-12-18(7-6-17-4-2-3-5-17)21(27)14-24(25)30-23-9-8-20(13-22(23)28-15-26(30)31)36(32,33)16-19-10-11-35-29-19;1-28-18-7-13(20)14(21)8-17(18)24-16-3-2-12(6-15(16)22-9-19(24)25)30(26,27)10-11-4-5-29-23-11;1-2-7-5-3-4-6-7/h8-15,17H,2-5,16H2,1H3;2-9H,10H2,1H3;1,7H,3-6H2. The van der Waals surface area contributed by atoms with E-state index in [0.717, 1.165) is 44.1 Å². The van der Waals surface area contributed by atoms with Gasteiger partial charge in [-0.05, 0) is 84.1 Å². The van der Waals surface area contributed by atoms with Crippen LogP contribution in [0.25, 0.3) is 33.4 Å². The Morgan fingerprint density at radius 2 is 1.14 bits per heavy atom. The third-order valence-corrected chi connectivity index (χ3v) is 16.1. The Labute approximate surface area is 426 Å². The lowest BCUT2D eigenvalue weighted by Crippen LogP contribution is -2.20. The zero-order chi connectivity index (χ0) is 51.9. The van der Waals surface area contributed by atoms with Crippen molar-refractivity contribution in [3.63, 3.8) is 0 Å². The molecule has 0 radical (unpaired) electrons. The van der Waals surface area contributed by atoms with Gasteiger partial charge >= 0.3 is 0 Å². The summed E-state index contributed by atoms with van der Waals surface area (Å²) in [5.74, 6) is 8.34. The summed E-state index contributed by atoms with van der Waals surface area (Å²) >= 11 is 3.08. The highest BCUT2D eigenvalue weighted by molar-refractivity contribution is 9.10. The lowest BCUT2D eigenvalue weighted by Gasteiger charge is -2.15. The van der Waals surface area contributed by atoms with Gasteiger partial charge in [-0.25, -0.2) is 35.6 Å². The molecule has 0 aliphatic heterocycles. The third-order valence-electron chi connectivity index (χ3n) is 12.2. The molecule has 2 aliphatic carbocycles. The fraction of sp³-hybridized carbons (Fsp3) is 0.269. The summed E-state index contributed by atoms with van der Waals surface area (Å²) < 4.78 is 103. The maximum atomic E-state index is 15.1. The molecule has 16 nitrogen and oxygen atoms in total. The average Bonchev–Trinajstić information content (AvgIpc) is 4.25. The normalized spacial score (nSPS) is 13.9. The molecule has 2 aliphatic rings. The lowest BCUT2D eigenvalue weighted by atomic mass is 10.1. The van der Waals surface area contributed by atoms with E-state index in [2.05, 4.69) is 58.5 Å². The van der Waals surface area contributed by atoms with Crippen molar-refractivity contribution in [1.82, 2.24) is 29.4 Å². The molecule has 0 N–H and O–H groups in total. The molecule has 73 heavy (non-hydrogen) atoms. The second-order valence-corrected chi connectivity index (χ2v) is 21.8. The van der Waals surface area contributed by atoms with E-state index in [4.69, 9.17) is 20.4 Å². The Balaban J connectivity index is 0.000000174. The predicted molar refractivity (Wildman–Crippen MR) is 270 cm³/mol. The van der Waals surface area contributed by atoms with Crippen molar-refractivity contribution in [3.05, 3.63) is 151 Å². The number of aromatic nitrogens is 6. The molecule has 2 fully saturated rings. The highest BCUT2D eigenvalue weighted by Gasteiger charge is 2.23. The van der Waals surface area contributed by atoms with Crippen molar-refractivity contribution in [2.24, 2.45) is 11.8 Å². The molecule has 4 aromatic carbocycles. The summed E-state index contributed by atoms with van der Waals surface area (Å²) in [6.45, 7) is 0. The number of hydrogen-bond donors (Lipinski definition) is 0. The Kier molecular flexibility index (Phi) is 16.0. The number of hydrogen-bond acceptors (Lipinski definition) is 14. The van der Waals surface area contributed by atoms with Crippen molar-refractivity contribution in [1.29, 1.82) is 0 Å². The van der Waals surface area contributed by atoms with E-state index < -0.39 is 42.4 Å². The van der Waals surface area contributed by atoms with Crippen LogP contribution in [0, 0.1) is 47.7 Å². The number of rotatable bonds is 10. The molecule has 0 amide bonds. The van der Waals surface area contributed by atoms with Crippen molar-refractivity contribution < 1.29 is 44.1 Å². The second-order valence-electron chi connectivity index (χ2n) is 17.0. The van der Waals surface area contributed by atoms with Gasteiger partial charge in [0, 0.05) is 42.2 Å². The largest absolute Gasteiger partial charge is 0.495 e. The molecule has 4 aromatic heterocycles. The Morgan fingerprint density at radius 1 is 0.671 bits per heavy atom. The monoisotopic (exact) mass is 1090 g/mol. The zero-order valence-corrected chi connectivity index (χ0v) is 42.5. The van der Waals surface area contributed by atoms with Gasteiger partial charge in [0.05, 0.1) is 91.3 Å². The van der Waals surface area contributed by atoms with Crippen LogP contribution < -0.4 is 20.6 Å². The van der Waals surface area contributed by atoms with E-state index in [1.165, 1.54) is 128 Å². The molecular formula is C52H45BrF2N6O10S2. The molecule has 21 heteroatoms. The highest BCUT2D eigenvalue weighted by atomic mass is 79.9. The maximum absolute atomic E-state index is 15.1. The SMILES string of the molecule is C#CC1CCCC1.COc1cc(Br)c(F)cc1-n1c(=O)cnc2cc(S(=O)(=O)Cc3ccon3)ccc21.COc1cc(C#CC2CCCC2)c(F)cc1-n1c(=O)cnc2cc(S(=O)(=O)Cc3ccon3)ccc21. The van der Waals surface area contributed by atoms with E-state index in [-0.39, 0.29) is 82.5 Å². The average molecular weight is 1100 g/mol. The van der Waals surface area contributed by atoms with Crippen LogP contribution in [0.5, 0.6) is 11.5 Å². The minimum absolute atomic E-state index is 0.00431. The van der Waals surface area contributed by atoms with Gasteiger partial charge in [0.15, 0.2) is 19.7 Å². The van der Waals surface area contributed by atoms with Crippen LogP contribution in [0.2, 0.25) is 0 Å². The number of halogens is 3. The fourth-order valence-electron chi connectivity index (χ4n) is 8.43. The number of fused-ring (bicyclic) bond motifs is 2. The predicted octanol–water partition coefficient (Wildman–Crippen LogP) is 9.10. The number of terminal acetylenes is 1. The van der Waals surface area contributed by atoms with Crippen molar-refractivity contribution >= 4 is 57.7 Å². The van der Waals surface area contributed by atoms with Crippen molar-refractivity contribution in [2.45, 2.75) is 72.7 Å². The van der Waals surface area contributed by atoms with Crippen LogP contribution >= 0.6 is 15.9 Å². The zero-order valence-electron chi connectivity index (χ0n) is 39.3. The minimum Gasteiger partial charge on any atom is -0.495 e. The highest BCUT2D eigenvalue weighted by Crippen LogP contribution is 2.33. The first-order chi connectivity index (χ1) is 35.1. The van der Waals surface area contributed by atoms with Gasteiger partial charge in [-0.15, -0.1) is 12.3 Å².